The van der Waals surface area contributed by atoms with Gasteiger partial charge in [0.1, 0.15) is 19.0 Å². The summed E-state index contributed by atoms with van der Waals surface area (Å²) in [6.45, 7) is 0.718. The monoisotopic (exact) mass is 669 g/mol. The number of rotatable bonds is 7. The maximum Gasteiger partial charge on any atom is 0.337 e. The van der Waals surface area contributed by atoms with Crippen molar-refractivity contribution in [3.8, 4) is 11.5 Å². The largest absolute Gasteiger partial charge is 0.507 e. The molecule has 1 amide bonds. The van der Waals surface area contributed by atoms with Crippen LogP contribution in [0, 0.1) is 0 Å². The molecule has 1 aromatic heterocycles. The molecule has 1 fully saturated rings. The maximum absolute atomic E-state index is 13.6. The zero-order valence-electron chi connectivity index (χ0n) is 22.8. The van der Waals surface area contributed by atoms with Crippen molar-refractivity contribution < 1.29 is 33.7 Å². The molecule has 14 heteroatoms. The van der Waals surface area contributed by atoms with Crippen LogP contribution in [0.15, 0.2) is 70.6 Å². The number of nitrogens with zero attached hydrogens (tertiary/aromatic N) is 3. The average Bonchev–Trinajstić information content (AvgIpc) is 3.61. The Kier molecular flexibility index (Phi) is 8.50. The van der Waals surface area contributed by atoms with Gasteiger partial charge in [0, 0.05) is 21.4 Å². The second-order valence-electron chi connectivity index (χ2n) is 9.52. The van der Waals surface area contributed by atoms with E-state index in [1.54, 1.807) is 42.5 Å². The van der Waals surface area contributed by atoms with E-state index >= 15 is 0 Å². The van der Waals surface area contributed by atoms with E-state index in [1.807, 2.05) is 6.07 Å². The lowest BCUT2D eigenvalue weighted by Crippen LogP contribution is -2.29. The number of ether oxygens (including phenoxy) is 3. The standard InChI is InChI=1S/C30H21Cl2N3O7S2/c1-40-28(39)16-4-2-15(3-5-16)24-23(25(36)17-7-9-21-22(12-17)42-11-10-41-21)26(37)27(38)35(24)29-33-34-30(44-29)43-14-18-6-8-19(31)13-20(18)32/h2-9,12-13,24,36H,10-11,14H2,1H3/b25-23+/t24-/m1/s1. The van der Waals surface area contributed by atoms with E-state index in [9.17, 15) is 19.5 Å². The molecule has 224 valence electrons. The van der Waals surface area contributed by atoms with Gasteiger partial charge < -0.3 is 19.3 Å². The van der Waals surface area contributed by atoms with Crippen LogP contribution in [0.2, 0.25) is 10.0 Å². The zero-order chi connectivity index (χ0) is 31.0. The summed E-state index contributed by atoms with van der Waals surface area (Å²) in [4.78, 5) is 40.4. The number of carbonyl (C=O) groups excluding carboxylic acids is 3. The van der Waals surface area contributed by atoms with Crippen molar-refractivity contribution in [1.82, 2.24) is 10.2 Å². The quantitative estimate of drug-likeness (QED) is 0.0596. The molecule has 2 aliphatic heterocycles. The molecule has 4 aromatic rings. The number of benzene rings is 3. The van der Waals surface area contributed by atoms with Crippen LogP contribution >= 0.6 is 46.3 Å². The predicted molar refractivity (Wildman–Crippen MR) is 166 cm³/mol. The third-order valence-electron chi connectivity index (χ3n) is 6.88. The highest BCUT2D eigenvalue weighted by atomic mass is 35.5. The van der Waals surface area contributed by atoms with Gasteiger partial charge in [0.2, 0.25) is 5.13 Å². The maximum atomic E-state index is 13.6. The predicted octanol–water partition coefficient (Wildman–Crippen LogP) is 6.32. The first-order valence-corrected chi connectivity index (χ1v) is 15.6. The minimum atomic E-state index is -1.08. The Balaban J connectivity index is 1.39. The van der Waals surface area contributed by atoms with Crippen LogP contribution in [0.3, 0.4) is 0 Å². The number of fused-ring (bicyclic) bond motifs is 1. The third kappa shape index (κ3) is 5.73. The topological polar surface area (TPSA) is 128 Å². The fraction of sp³-hybridized carbons (Fsp3) is 0.167. The zero-order valence-corrected chi connectivity index (χ0v) is 25.9. The van der Waals surface area contributed by atoms with E-state index in [0.717, 1.165) is 16.9 Å². The van der Waals surface area contributed by atoms with Gasteiger partial charge in [-0.1, -0.05) is 64.5 Å². The smallest absolute Gasteiger partial charge is 0.337 e. The number of aliphatic hydroxyl groups excluding tert-OH is 1. The number of anilines is 1. The van der Waals surface area contributed by atoms with E-state index in [4.69, 9.17) is 37.4 Å². The number of Topliss-reactive ketones (excluding diaryl/α,β-unsaturated/α-hetero) is 1. The Morgan fingerprint density at radius 1 is 1.02 bits per heavy atom. The number of esters is 1. The average molecular weight is 671 g/mol. The number of methoxy groups -OCH3 is 1. The number of thioether (sulfide) groups is 1. The van der Waals surface area contributed by atoms with Crippen molar-refractivity contribution in [2.24, 2.45) is 0 Å². The highest BCUT2D eigenvalue weighted by molar-refractivity contribution is 8.00. The molecule has 6 rings (SSSR count). The van der Waals surface area contributed by atoms with Gasteiger partial charge in [-0.05, 0) is 53.6 Å². The summed E-state index contributed by atoms with van der Waals surface area (Å²) in [7, 11) is 1.27. The van der Waals surface area contributed by atoms with Crippen LogP contribution < -0.4 is 14.4 Å². The van der Waals surface area contributed by atoms with Gasteiger partial charge >= 0.3 is 11.9 Å². The number of aliphatic hydroxyl groups is 1. The Labute approximate surface area is 269 Å². The summed E-state index contributed by atoms with van der Waals surface area (Å²) < 4.78 is 16.5. The molecule has 1 atom stereocenters. The first-order chi connectivity index (χ1) is 21.2. The molecule has 0 aliphatic carbocycles. The molecule has 3 heterocycles. The summed E-state index contributed by atoms with van der Waals surface area (Å²) in [6, 6.07) is 15.1. The molecule has 1 saturated heterocycles. The molecule has 3 aromatic carbocycles. The molecule has 10 nitrogen and oxygen atoms in total. The second kappa shape index (κ2) is 12.5. The lowest BCUT2D eigenvalue weighted by Gasteiger charge is -2.23. The minimum Gasteiger partial charge on any atom is -0.507 e. The second-order valence-corrected chi connectivity index (χ2v) is 12.5. The third-order valence-corrected chi connectivity index (χ3v) is 9.57. The SMILES string of the molecule is COC(=O)c1ccc([C@@H]2/C(=C(\O)c3ccc4c(c3)OCCO4)C(=O)C(=O)N2c2nnc(SCc3ccc(Cl)cc3Cl)s2)cc1. The number of aromatic nitrogens is 2. The normalized spacial score (nSPS) is 17.2. The molecule has 0 radical (unpaired) electrons. The van der Waals surface area contributed by atoms with E-state index in [-0.39, 0.29) is 21.8 Å². The molecule has 1 N–H and O–H groups in total. The lowest BCUT2D eigenvalue weighted by molar-refractivity contribution is -0.132. The number of ketones is 1. The van der Waals surface area contributed by atoms with Crippen LogP contribution in [0.25, 0.3) is 5.76 Å². The van der Waals surface area contributed by atoms with Gasteiger partial charge in [-0.3, -0.25) is 14.5 Å². The Morgan fingerprint density at radius 2 is 1.75 bits per heavy atom. The fourth-order valence-electron chi connectivity index (χ4n) is 4.75. The van der Waals surface area contributed by atoms with Crippen molar-refractivity contribution in [3.63, 3.8) is 0 Å². The summed E-state index contributed by atoms with van der Waals surface area (Å²) >= 11 is 14.8. The van der Waals surface area contributed by atoms with Crippen molar-refractivity contribution in [2.45, 2.75) is 16.1 Å². The molecule has 0 saturated carbocycles. The first kappa shape index (κ1) is 29.9. The van der Waals surface area contributed by atoms with Gasteiger partial charge in [-0.25, -0.2) is 4.79 Å². The number of carbonyl (C=O) groups is 3. The van der Waals surface area contributed by atoms with Crippen LogP contribution in [-0.2, 0) is 20.1 Å². The van der Waals surface area contributed by atoms with Gasteiger partial charge in [-0.15, -0.1) is 10.2 Å². The highest BCUT2D eigenvalue weighted by Crippen LogP contribution is 2.45. The summed E-state index contributed by atoms with van der Waals surface area (Å²) in [6.07, 6.45) is 0. The van der Waals surface area contributed by atoms with Gasteiger partial charge in [0.15, 0.2) is 15.8 Å². The van der Waals surface area contributed by atoms with Gasteiger partial charge in [-0.2, -0.15) is 0 Å². The van der Waals surface area contributed by atoms with E-state index in [0.29, 0.717) is 50.4 Å². The Morgan fingerprint density at radius 3 is 2.48 bits per heavy atom. The lowest BCUT2D eigenvalue weighted by atomic mass is 9.94. The molecule has 44 heavy (non-hydrogen) atoms. The molecule has 0 unspecified atom stereocenters. The summed E-state index contributed by atoms with van der Waals surface area (Å²) in [5, 5.41) is 21.1. The molecular weight excluding hydrogens is 649 g/mol. The van der Waals surface area contributed by atoms with Crippen LogP contribution in [0.1, 0.15) is 33.1 Å². The summed E-state index contributed by atoms with van der Waals surface area (Å²) in [5.74, 6) is -1.38. The van der Waals surface area contributed by atoms with Crippen LogP contribution in [0.4, 0.5) is 5.13 Å². The van der Waals surface area contributed by atoms with Crippen LogP contribution in [-0.4, -0.2) is 53.3 Å². The van der Waals surface area contributed by atoms with Crippen molar-refractivity contribution in [2.75, 3.05) is 25.2 Å². The van der Waals surface area contributed by atoms with Crippen molar-refractivity contribution in [1.29, 1.82) is 0 Å². The first-order valence-electron chi connectivity index (χ1n) is 13.0. The molecule has 0 bridgehead atoms. The van der Waals surface area contributed by atoms with E-state index in [1.165, 1.54) is 35.9 Å². The Hall–Kier alpha value is -4.10. The molecule has 2 aliphatic rings. The highest BCUT2D eigenvalue weighted by Gasteiger charge is 2.48. The fourth-order valence-corrected chi connectivity index (χ4v) is 7.17. The Bertz CT molecular complexity index is 1830. The van der Waals surface area contributed by atoms with Gasteiger partial charge in [0.05, 0.1) is 24.3 Å². The minimum absolute atomic E-state index is 0.153. The van der Waals surface area contributed by atoms with E-state index < -0.39 is 29.5 Å². The number of halogens is 2. The van der Waals surface area contributed by atoms with Gasteiger partial charge in [0.25, 0.3) is 5.78 Å². The number of hydrogen-bond acceptors (Lipinski definition) is 11. The van der Waals surface area contributed by atoms with Crippen LogP contribution in [0.5, 0.6) is 11.5 Å². The van der Waals surface area contributed by atoms with Crippen molar-refractivity contribution in [3.05, 3.63) is 98.5 Å². The molecule has 0 spiro atoms. The molecular formula is C30H21Cl2N3O7S2. The van der Waals surface area contributed by atoms with Crippen molar-refractivity contribution >= 4 is 74.9 Å². The number of amides is 1. The number of hydrogen-bond donors (Lipinski definition) is 1. The summed E-state index contributed by atoms with van der Waals surface area (Å²) in [5.41, 5.74) is 1.67. The van der Waals surface area contributed by atoms with E-state index in [2.05, 4.69) is 10.2 Å².